The van der Waals surface area contributed by atoms with Crippen molar-refractivity contribution in [3.63, 3.8) is 0 Å². The Kier molecular flexibility index (Phi) is 3.66. The summed E-state index contributed by atoms with van der Waals surface area (Å²) in [4.78, 5) is 24.5. The van der Waals surface area contributed by atoms with Gasteiger partial charge >= 0.3 is 6.09 Å². The molecule has 2 rings (SSSR count). The molecule has 6 nitrogen and oxygen atoms in total. The fourth-order valence-electron chi connectivity index (χ4n) is 1.62. The number of hydrogen-bond acceptors (Lipinski definition) is 4. The summed E-state index contributed by atoms with van der Waals surface area (Å²) >= 11 is 0. The molecule has 0 bridgehead atoms. The molecule has 2 amide bonds. The molecule has 1 saturated heterocycles. The summed E-state index contributed by atoms with van der Waals surface area (Å²) in [5.74, 6) is -0.172. The molecule has 1 aliphatic rings. The van der Waals surface area contributed by atoms with E-state index in [-0.39, 0.29) is 11.9 Å². The van der Waals surface area contributed by atoms with Crippen molar-refractivity contribution in [2.45, 2.75) is 13.0 Å². The monoisotopic (exact) mass is 259 g/mol. The zero-order valence-corrected chi connectivity index (χ0v) is 10.4. The van der Waals surface area contributed by atoms with Crippen molar-refractivity contribution >= 4 is 17.7 Å². The van der Waals surface area contributed by atoms with Crippen molar-refractivity contribution in [1.82, 2.24) is 4.90 Å². The molecule has 0 aromatic heterocycles. The van der Waals surface area contributed by atoms with E-state index in [2.05, 4.69) is 5.32 Å². The number of amides is 2. The highest BCUT2D eigenvalue weighted by molar-refractivity contribution is 5.97. The molecular formula is C13H13N3O3. The minimum Gasteiger partial charge on any atom is -0.450 e. The van der Waals surface area contributed by atoms with Crippen LogP contribution in [0.25, 0.3) is 0 Å². The van der Waals surface area contributed by atoms with E-state index in [0.717, 1.165) is 0 Å². The predicted octanol–water partition coefficient (Wildman–Crippen LogP) is 1.60. The smallest absolute Gasteiger partial charge is 0.411 e. The van der Waals surface area contributed by atoms with Gasteiger partial charge in [-0.2, -0.15) is 5.26 Å². The first-order valence-corrected chi connectivity index (χ1v) is 5.90. The van der Waals surface area contributed by atoms with E-state index in [9.17, 15) is 9.59 Å². The molecule has 1 aliphatic heterocycles. The van der Waals surface area contributed by atoms with Crippen LogP contribution in [0.4, 0.5) is 10.5 Å². The van der Waals surface area contributed by atoms with E-state index in [1.54, 1.807) is 31.2 Å². The maximum atomic E-state index is 11.9. The summed E-state index contributed by atoms with van der Waals surface area (Å²) < 4.78 is 4.74. The first-order chi connectivity index (χ1) is 9.15. The van der Waals surface area contributed by atoms with Gasteiger partial charge in [-0.1, -0.05) is 0 Å². The first kappa shape index (κ1) is 12.9. The molecule has 0 spiro atoms. The van der Waals surface area contributed by atoms with Crippen molar-refractivity contribution in [2.24, 2.45) is 0 Å². The molecule has 0 saturated carbocycles. The lowest BCUT2D eigenvalue weighted by molar-refractivity contribution is 0.0879. The molecule has 6 heteroatoms. The highest BCUT2D eigenvalue weighted by Crippen LogP contribution is 2.21. The topological polar surface area (TPSA) is 82.2 Å². The molecule has 19 heavy (non-hydrogen) atoms. The van der Waals surface area contributed by atoms with Gasteiger partial charge in [0.05, 0.1) is 19.2 Å². The maximum absolute atomic E-state index is 11.9. The number of nitrogens with zero attached hydrogens (tertiary/aromatic N) is 2. The number of benzene rings is 1. The van der Waals surface area contributed by atoms with Gasteiger partial charge in [-0.15, -0.1) is 0 Å². The third-order valence-electron chi connectivity index (χ3n) is 2.68. The molecule has 0 aliphatic carbocycles. The highest BCUT2D eigenvalue weighted by atomic mass is 16.5. The molecule has 1 aromatic rings. The summed E-state index contributed by atoms with van der Waals surface area (Å²) in [5, 5.41) is 11.2. The van der Waals surface area contributed by atoms with Crippen LogP contribution >= 0.6 is 0 Å². The number of rotatable bonds is 3. The number of hydrogen-bond donors (Lipinski definition) is 1. The van der Waals surface area contributed by atoms with Crippen LogP contribution in [0.5, 0.6) is 0 Å². The second-order valence-electron chi connectivity index (χ2n) is 4.03. The Morgan fingerprint density at radius 1 is 1.47 bits per heavy atom. The van der Waals surface area contributed by atoms with Crippen molar-refractivity contribution < 1.29 is 14.3 Å². The Hall–Kier alpha value is -2.55. The minimum atomic E-state index is -0.530. The van der Waals surface area contributed by atoms with Crippen LogP contribution in [-0.4, -0.2) is 36.1 Å². The van der Waals surface area contributed by atoms with Crippen LogP contribution in [0.1, 0.15) is 17.3 Å². The van der Waals surface area contributed by atoms with E-state index in [1.165, 1.54) is 4.90 Å². The van der Waals surface area contributed by atoms with Crippen LogP contribution in [0, 0.1) is 11.3 Å². The van der Waals surface area contributed by atoms with E-state index >= 15 is 0 Å². The van der Waals surface area contributed by atoms with Gasteiger partial charge in [-0.3, -0.25) is 10.1 Å². The van der Waals surface area contributed by atoms with Gasteiger partial charge in [0.25, 0.3) is 5.91 Å². The average molecular weight is 259 g/mol. The fourth-order valence-corrected chi connectivity index (χ4v) is 1.62. The Morgan fingerprint density at radius 2 is 2.16 bits per heavy atom. The lowest BCUT2D eigenvalue weighted by Gasteiger charge is -2.06. The molecule has 1 atom stereocenters. The molecule has 1 N–H and O–H groups in total. The Bertz CT molecular complexity index is 533. The number of carbonyl (C=O) groups is 2. The van der Waals surface area contributed by atoms with E-state index < -0.39 is 6.09 Å². The van der Waals surface area contributed by atoms with E-state index in [1.807, 2.05) is 6.07 Å². The molecular weight excluding hydrogens is 246 g/mol. The highest BCUT2D eigenvalue weighted by Gasteiger charge is 2.38. The standard InChI is InChI=1S/C13H13N3O3/c1-2-19-13(18)15-10-5-3-9(4-6-10)12(17)16-8-11(16)7-14/h3-6,11H,2,8H2,1H3,(H,15,18). The maximum Gasteiger partial charge on any atom is 0.411 e. The molecule has 1 fully saturated rings. The quantitative estimate of drug-likeness (QED) is 0.836. The summed E-state index contributed by atoms with van der Waals surface area (Å²) in [6, 6.07) is 8.18. The lowest BCUT2D eigenvalue weighted by atomic mass is 10.2. The third kappa shape index (κ3) is 3.01. The van der Waals surface area contributed by atoms with E-state index in [4.69, 9.17) is 10.00 Å². The largest absolute Gasteiger partial charge is 0.450 e. The number of carbonyl (C=O) groups excluding carboxylic acids is 2. The Labute approximate surface area is 110 Å². The van der Waals surface area contributed by atoms with Gasteiger partial charge in [0, 0.05) is 11.3 Å². The molecule has 1 aromatic carbocycles. The van der Waals surface area contributed by atoms with Gasteiger partial charge in [-0.05, 0) is 31.2 Å². The number of ether oxygens (including phenoxy) is 1. The van der Waals surface area contributed by atoms with Crippen molar-refractivity contribution in [2.75, 3.05) is 18.5 Å². The van der Waals surface area contributed by atoms with Crippen LogP contribution in [0.15, 0.2) is 24.3 Å². The van der Waals surface area contributed by atoms with Crippen molar-refractivity contribution in [1.29, 1.82) is 5.26 Å². The normalized spacial score (nSPS) is 16.4. The first-order valence-electron chi connectivity index (χ1n) is 5.90. The molecule has 0 radical (unpaired) electrons. The van der Waals surface area contributed by atoms with Crippen LogP contribution in [0.2, 0.25) is 0 Å². The van der Waals surface area contributed by atoms with Crippen molar-refractivity contribution in [3.8, 4) is 6.07 Å². The second kappa shape index (κ2) is 5.40. The lowest BCUT2D eigenvalue weighted by Crippen LogP contribution is -2.15. The van der Waals surface area contributed by atoms with Crippen LogP contribution in [0.3, 0.4) is 0 Å². The SMILES string of the molecule is CCOC(=O)Nc1ccc(C(=O)N2CC2C#N)cc1. The number of nitriles is 1. The summed E-state index contributed by atoms with van der Waals surface area (Å²) in [6.45, 7) is 2.50. The minimum absolute atomic E-state index is 0.172. The predicted molar refractivity (Wildman–Crippen MR) is 67.5 cm³/mol. The van der Waals surface area contributed by atoms with Crippen molar-refractivity contribution in [3.05, 3.63) is 29.8 Å². The van der Waals surface area contributed by atoms with Gasteiger partial charge in [-0.25, -0.2) is 4.79 Å². The summed E-state index contributed by atoms with van der Waals surface area (Å²) in [7, 11) is 0. The second-order valence-corrected chi connectivity index (χ2v) is 4.03. The number of anilines is 1. The zero-order valence-electron chi connectivity index (χ0n) is 10.4. The zero-order chi connectivity index (χ0) is 13.8. The Morgan fingerprint density at radius 3 is 2.68 bits per heavy atom. The molecule has 98 valence electrons. The Balaban J connectivity index is 1.97. The summed E-state index contributed by atoms with van der Waals surface area (Å²) in [5.41, 5.74) is 1.05. The fraction of sp³-hybridized carbons (Fsp3) is 0.308. The summed E-state index contributed by atoms with van der Waals surface area (Å²) in [6.07, 6.45) is -0.530. The average Bonchev–Trinajstić information content (AvgIpc) is 3.18. The van der Waals surface area contributed by atoms with Gasteiger partial charge in [0.15, 0.2) is 0 Å². The van der Waals surface area contributed by atoms with Gasteiger partial charge in [0.1, 0.15) is 6.04 Å². The molecule has 1 heterocycles. The third-order valence-corrected chi connectivity index (χ3v) is 2.68. The number of nitrogens with one attached hydrogen (secondary N) is 1. The van der Waals surface area contributed by atoms with Gasteiger partial charge < -0.3 is 9.64 Å². The van der Waals surface area contributed by atoms with Crippen LogP contribution < -0.4 is 5.32 Å². The van der Waals surface area contributed by atoms with Crippen LogP contribution in [-0.2, 0) is 4.74 Å². The molecule has 1 unspecified atom stereocenters. The van der Waals surface area contributed by atoms with Gasteiger partial charge in [0.2, 0.25) is 0 Å². The van der Waals surface area contributed by atoms with E-state index in [0.29, 0.717) is 24.4 Å².